The molecule has 1 amide bonds. The number of pyridine rings is 1. The molecule has 2 saturated carbocycles. The van der Waals surface area contributed by atoms with Gasteiger partial charge < -0.3 is 5.32 Å². The van der Waals surface area contributed by atoms with E-state index in [1.165, 1.54) is 0 Å². The summed E-state index contributed by atoms with van der Waals surface area (Å²) in [5.41, 5.74) is 2.27. The van der Waals surface area contributed by atoms with E-state index >= 15 is 0 Å². The van der Waals surface area contributed by atoms with Gasteiger partial charge in [0.05, 0.1) is 0 Å². The van der Waals surface area contributed by atoms with Crippen molar-refractivity contribution in [2.45, 2.75) is 68.7 Å². The minimum atomic E-state index is -4.37. The lowest BCUT2D eigenvalue weighted by Gasteiger charge is -2.39. The maximum absolute atomic E-state index is 14.0. The number of halogens is 4. The molecule has 1 aromatic heterocycles. The summed E-state index contributed by atoms with van der Waals surface area (Å²) in [6.07, 6.45) is 6.72. The highest BCUT2D eigenvalue weighted by atomic mass is 32.1. The number of aryl methyl sites for hydroxylation is 1. The molecular weight excluding hydrogens is 452 g/mol. The molecule has 0 radical (unpaired) electrons. The minimum absolute atomic E-state index is 0.0575. The molecule has 0 unspecified atom stereocenters. The first-order valence-corrected chi connectivity index (χ1v) is 11.9. The van der Waals surface area contributed by atoms with Crippen molar-refractivity contribution >= 4 is 24.6 Å². The van der Waals surface area contributed by atoms with Crippen LogP contribution in [0.5, 0.6) is 0 Å². The summed E-state index contributed by atoms with van der Waals surface area (Å²) in [6, 6.07) is 1.93. The van der Waals surface area contributed by atoms with Crippen LogP contribution in [0.2, 0.25) is 0 Å². The summed E-state index contributed by atoms with van der Waals surface area (Å²) in [4.78, 5) is 17.2. The van der Waals surface area contributed by atoms with E-state index in [0.717, 1.165) is 55.0 Å². The Labute approximate surface area is 195 Å². The molecule has 8 heteroatoms. The maximum Gasteiger partial charge on any atom is 0.412 e. The first-order valence-electron chi connectivity index (χ1n) is 11.5. The molecule has 1 N–H and O–H groups in total. The first kappa shape index (κ1) is 22.7. The molecule has 0 aliphatic heterocycles. The first-order chi connectivity index (χ1) is 15.6. The number of nitrogens with one attached hydrogen (secondary N) is 1. The molecule has 176 valence electrons. The maximum atomic E-state index is 14.0. The van der Waals surface area contributed by atoms with E-state index in [0.29, 0.717) is 12.8 Å². The fourth-order valence-corrected chi connectivity index (χ4v) is 6.11. The second-order valence-electron chi connectivity index (χ2n) is 9.82. The van der Waals surface area contributed by atoms with Gasteiger partial charge in [0, 0.05) is 45.8 Å². The molecule has 4 aliphatic carbocycles. The second-order valence-corrected chi connectivity index (χ2v) is 10.7. The summed E-state index contributed by atoms with van der Waals surface area (Å²) in [5.74, 6) is -0.525. The van der Waals surface area contributed by atoms with E-state index in [2.05, 4.69) is 10.3 Å². The Kier molecular flexibility index (Phi) is 5.50. The third-order valence-electron chi connectivity index (χ3n) is 7.79. The van der Waals surface area contributed by atoms with E-state index in [4.69, 9.17) is 12.6 Å². The van der Waals surface area contributed by atoms with E-state index < -0.39 is 16.5 Å². The normalized spacial score (nSPS) is 31.3. The lowest BCUT2D eigenvalue weighted by atomic mass is 9.73. The third-order valence-corrected chi connectivity index (χ3v) is 8.48. The SMILES string of the molecule is O=C(NC1=CCCC(C(F)(F)F)=C1)[C@H]1C[C@]12CC[C@](S)(c1ccnc3c1C=C(F)CC3)CC2. The number of carbonyl (C=O) groups is 1. The zero-order chi connectivity index (χ0) is 23.4. The van der Waals surface area contributed by atoms with Gasteiger partial charge in [0.15, 0.2) is 0 Å². The Hall–Kier alpha value is -2.09. The van der Waals surface area contributed by atoms with E-state index in [-0.39, 0.29) is 41.6 Å². The molecule has 1 aromatic rings. The topological polar surface area (TPSA) is 42.0 Å². The van der Waals surface area contributed by atoms with Crippen molar-refractivity contribution in [3.8, 4) is 0 Å². The van der Waals surface area contributed by atoms with Crippen molar-refractivity contribution in [2.24, 2.45) is 11.3 Å². The van der Waals surface area contributed by atoms with Gasteiger partial charge >= 0.3 is 6.18 Å². The molecule has 1 spiro atoms. The van der Waals surface area contributed by atoms with Gasteiger partial charge in [-0.1, -0.05) is 6.08 Å². The Bertz CT molecular complexity index is 1080. The molecule has 5 rings (SSSR count). The molecule has 33 heavy (non-hydrogen) atoms. The molecule has 0 bridgehead atoms. The van der Waals surface area contributed by atoms with Crippen LogP contribution in [0.4, 0.5) is 17.6 Å². The predicted octanol–water partition coefficient (Wildman–Crippen LogP) is 6.33. The van der Waals surface area contributed by atoms with Crippen molar-refractivity contribution in [2.75, 3.05) is 0 Å². The fourth-order valence-electron chi connectivity index (χ4n) is 5.69. The highest BCUT2D eigenvalue weighted by molar-refractivity contribution is 7.81. The van der Waals surface area contributed by atoms with Crippen LogP contribution in [-0.2, 0) is 16.0 Å². The van der Waals surface area contributed by atoms with Gasteiger partial charge in [-0.15, -0.1) is 0 Å². The summed E-state index contributed by atoms with van der Waals surface area (Å²) >= 11 is 5.03. The number of rotatable bonds is 3. The molecular formula is C25H26F4N2OS. The van der Waals surface area contributed by atoms with Crippen LogP contribution in [0.1, 0.15) is 68.2 Å². The Morgan fingerprint density at radius 1 is 1.12 bits per heavy atom. The van der Waals surface area contributed by atoms with Crippen molar-refractivity contribution in [1.29, 1.82) is 0 Å². The predicted molar refractivity (Wildman–Crippen MR) is 121 cm³/mol. The van der Waals surface area contributed by atoms with Crippen molar-refractivity contribution in [3.63, 3.8) is 0 Å². The van der Waals surface area contributed by atoms with Crippen LogP contribution in [0.3, 0.4) is 0 Å². The average Bonchev–Trinajstić information content (AvgIpc) is 3.49. The lowest BCUT2D eigenvalue weighted by molar-refractivity contribution is -0.122. The number of hydrogen-bond acceptors (Lipinski definition) is 3. The Morgan fingerprint density at radius 2 is 1.88 bits per heavy atom. The Balaban J connectivity index is 1.25. The van der Waals surface area contributed by atoms with Gasteiger partial charge in [-0.25, -0.2) is 4.39 Å². The van der Waals surface area contributed by atoms with Gasteiger partial charge in [-0.2, -0.15) is 25.8 Å². The number of allylic oxidation sites excluding steroid dienone is 4. The second kappa shape index (κ2) is 8.00. The molecule has 2 fully saturated rings. The highest BCUT2D eigenvalue weighted by Crippen LogP contribution is 2.65. The number of alkyl halides is 3. The molecule has 0 saturated heterocycles. The number of hydrogen-bond donors (Lipinski definition) is 2. The molecule has 1 heterocycles. The summed E-state index contributed by atoms with van der Waals surface area (Å²) in [5, 5.41) is 2.72. The van der Waals surface area contributed by atoms with E-state index in [9.17, 15) is 22.4 Å². The van der Waals surface area contributed by atoms with E-state index in [1.807, 2.05) is 6.07 Å². The van der Waals surface area contributed by atoms with Crippen LogP contribution < -0.4 is 5.32 Å². The molecule has 0 aromatic carbocycles. The number of carbonyl (C=O) groups excluding carboxylic acids is 1. The van der Waals surface area contributed by atoms with Crippen LogP contribution in [0.15, 0.2) is 41.5 Å². The number of aromatic nitrogens is 1. The molecule has 1 atom stereocenters. The number of fused-ring (bicyclic) bond motifs is 1. The lowest BCUT2D eigenvalue weighted by Crippen LogP contribution is -2.32. The number of nitrogens with zero attached hydrogens (tertiary/aromatic N) is 1. The van der Waals surface area contributed by atoms with Crippen LogP contribution >= 0.6 is 12.6 Å². The van der Waals surface area contributed by atoms with Crippen LogP contribution in [-0.4, -0.2) is 17.1 Å². The van der Waals surface area contributed by atoms with Gasteiger partial charge in [0.25, 0.3) is 0 Å². The van der Waals surface area contributed by atoms with Crippen LogP contribution in [0.25, 0.3) is 6.08 Å². The molecule has 4 aliphatic rings. The van der Waals surface area contributed by atoms with E-state index in [1.54, 1.807) is 18.3 Å². The number of thiol groups is 1. The van der Waals surface area contributed by atoms with Crippen molar-refractivity contribution in [3.05, 3.63) is 58.3 Å². The largest absolute Gasteiger partial charge is 0.412 e. The average molecular weight is 479 g/mol. The Morgan fingerprint density at radius 3 is 2.61 bits per heavy atom. The van der Waals surface area contributed by atoms with Gasteiger partial charge in [-0.3, -0.25) is 9.78 Å². The third kappa shape index (κ3) is 4.27. The standard InChI is InChI=1S/C25H26F4N2OS/c26-16-4-5-21-18(13-16)19(6-11-30-21)24(33)9-7-23(8-10-24)14-20(23)22(32)31-17-3-1-2-15(12-17)25(27,28)29/h3,6,11-13,20,33H,1-2,4-5,7-10,14H2,(H,31,32)/t20-,23-,24-/m1/s1. The highest BCUT2D eigenvalue weighted by Gasteiger charge is 2.60. The summed E-state index contributed by atoms with van der Waals surface area (Å²) in [6.45, 7) is 0. The van der Waals surface area contributed by atoms with Gasteiger partial charge in [0.2, 0.25) is 5.91 Å². The summed E-state index contributed by atoms with van der Waals surface area (Å²) < 4.78 is 52.6. The smallest absolute Gasteiger partial charge is 0.326 e. The monoisotopic (exact) mass is 478 g/mol. The zero-order valence-corrected chi connectivity index (χ0v) is 19.0. The quantitative estimate of drug-likeness (QED) is 0.394. The van der Waals surface area contributed by atoms with Crippen molar-refractivity contribution in [1.82, 2.24) is 10.3 Å². The number of amides is 1. The van der Waals surface area contributed by atoms with Crippen molar-refractivity contribution < 1.29 is 22.4 Å². The zero-order valence-electron chi connectivity index (χ0n) is 18.1. The van der Waals surface area contributed by atoms with Crippen LogP contribution in [0, 0.1) is 11.3 Å². The minimum Gasteiger partial charge on any atom is -0.326 e. The summed E-state index contributed by atoms with van der Waals surface area (Å²) in [7, 11) is 0. The fraction of sp³-hybridized carbons (Fsp3) is 0.520. The molecule has 3 nitrogen and oxygen atoms in total. The van der Waals surface area contributed by atoms with Gasteiger partial charge in [-0.05, 0) is 80.6 Å². The van der Waals surface area contributed by atoms with Gasteiger partial charge in [0.1, 0.15) is 5.83 Å².